The highest BCUT2D eigenvalue weighted by Crippen LogP contribution is 2.04. The summed E-state index contributed by atoms with van der Waals surface area (Å²) in [4.78, 5) is 14.3. The number of carbonyl (C=O) groups is 1. The van der Waals surface area contributed by atoms with Crippen molar-refractivity contribution in [3.8, 4) is 5.69 Å². The highest BCUT2D eigenvalue weighted by Gasteiger charge is 1.98. The van der Waals surface area contributed by atoms with Crippen LogP contribution in [0.4, 0.5) is 0 Å². The van der Waals surface area contributed by atoms with Gasteiger partial charge in [-0.2, -0.15) is 5.10 Å². The molecule has 0 fully saturated rings. The maximum atomic E-state index is 10.4. The molecule has 13 heavy (non-hydrogen) atoms. The van der Waals surface area contributed by atoms with Crippen molar-refractivity contribution < 1.29 is 4.79 Å². The van der Waals surface area contributed by atoms with Crippen molar-refractivity contribution in [3.05, 3.63) is 42.5 Å². The third-order valence-corrected chi connectivity index (χ3v) is 1.65. The smallest absolute Gasteiger partial charge is 0.153 e. The first-order valence-corrected chi connectivity index (χ1v) is 3.80. The van der Waals surface area contributed by atoms with E-state index in [-0.39, 0.29) is 0 Å². The van der Waals surface area contributed by atoms with E-state index in [1.807, 2.05) is 12.1 Å². The molecular weight excluding hydrogens is 166 g/mol. The lowest BCUT2D eigenvalue weighted by molar-refractivity contribution is 0.112. The van der Waals surface area contributed by atoms with Crippen LogP contribution in [0.15, 0.2) is 36.9 Å². The second kappa shape index (κ2) is 3.18. The number of aldehydes is 1. The molecule has 0 radical (unpaired) electrons. The predicted molar refractivity (Wildman–Crippen MR) is 46.7 cm³/mol. The summed E-state index contributed by atoms with van der Waals surface area (Å²) in [6.07, 6.45) is 7.30. The van der Waals surface area contributed by atoms with E-state index >= 15 is 0 Å². The van der Waals surface area contributed by atoms with Crippen LogP contribution in [-0.2, 0) is 0 Å². The van der Waals surface area contributed by atoms with Crippen molar-refractivity contribution in [2.24, 2.45) is 0 Å². The average Bonchev–Trinajstić information content (AvgIpc) is 2.67. The highest BCUT2D eigenvalue weighted by atomic mass is 16.1. The van der Waals surface area contributed by atoms with Crippen molar-refractivity contribution >= 4 is 6.29 Å². The van der Waals surface area contributed by atoms with Gasteiger partial charge in [0.15, 0.2) is 6.29 Å². The van der Waals surface area contributed by atoms with Gasteiger partial charge in [-0.15, -0.1) is 0 Å². The summed E-state index contributed by atoms with van der Waals surface area (Å²) in [5.74, 6) is 0. The lowest BCUT2D eigenvalue weighted by atomic mass is 10.4. The number of aromatic nitrogens is 3. The van der Waals surface area contributed by atoms with Crippen molar-refractivity contribution in [2.45, 2.75) is 0 Å². The summed E-state index contributed by atoms with van der Waals surface area (Å²) >= 11 is 0. The lowest BCUT2D eigenvalue weighted by Crippen LogP contribution is -1.93. The number of rotatable bonds is 2. The molecule has 4 nitrogen and oxygen atoms in total. The monoisotopic (exact) mass is 173 g/mol. The molecule has 2 aromatic heterocycles. The molecule has 0 amide bonds. The van der Waals surface area contributed by atoms with E-state index in [0.717, 1.165) is 12.0 Å². The van der Waals surface area contributed by atoms with Crippen LogP contribution in [0, 0.1) is 0 Å². The molecule has 0 atom stereocenters. The van der Waals surface area contributed by atoms with E-state index in [4.69, 9.17) is 0 Å². The van der Waals surface area contributed by atoms with E-state index in [2.05, 4.69) is 10.1 Å². The normalized spacial score (nSPS) is 9.85. The minimum absolute atomic E-state index is 0.559. The molecule has 4 heteroatoms. The first kappa shape index (κ1) is 7.67. The Hall–Kier alpha value is -1.97. The summed E-state index contributed by atoms with van der Waals surface area (Å²) in [5.41, 5.74) is 1.40. The van der Waals surface area contributed by atoms with Gasteiger partial charge in [0, 0.05) is 12.4 Å². The van der Waals surface area contributed by atoms with Crippen LogP contribution in [0.5, 0.6) is 0 Å². The summed E-state index contributed by atoms with van der Waals surface area (Å²) in [6, 6.07) is 3.69. The van der Waals surface area contributed by atoms with Crippen molar-refractivity contribution in [3.63, 3.8) is 0 Å². The Morgan fingerprint density at radius 1 is 1.38 bits per heavy atom. The van der Waals surface area contributed by atoms with Gasteiger partial charge in [-0.25, -0.2) is 4.68 Å². The molecule has 0 aliphatic heterocycles. The Morgan fingerprint density at radius 2 is 2.31 bits per heavy atom. The van der Waals surface area contributed by atoms with Crippen LogP contribution in [0.3, 0.4) is 0 Å². The highest BCUT2D eigenvalue weighted by molar-refractivity contribution is 5.73. The molecule has 0 saturated carbocycles. The molecule has 0 bridgehead atoms. The van der Waals surface area contributed by atoms with E-state index < -0.39 is 0 Å². The van der Waals surface area contributed by atoms with Gasteiger partial charge in [0.1, 0.15) is 0 Å². The van der Waals surface area contributed by atoms with Crippen LogP contribution >= 0.6 is 0 Å². The Balaban J connectivity index is 2.41. The molecule has 64 valence electrons. The van der Waals surface area contributed by atoms with Gasteiger partial charge < -0.3 is 0 Å². The Bertz CT molecular complexity index is 408. The summed E-state index contributed by atoms with van der Waals surface area (Å²) in [5, 5.41) is 4.00. The second-order valence-corrected chi connectivity index (χ2v) is 2.55. The standard InChI is InChI=1S/C9H7N3O/c13-7-8-4-11-12(6-8)9-2-1-3-10-5-9/h1-7H. The Labute approximate surface area is 74.8 Å². The minimum atomic E-state index is 0.559. The van der Waals surface area contributed by atoms with Gasteiger partial charge in [0.25, 0.3) is 0 Å². The number of pyridine rings is 1. The topological polar surface area (TPSA) is 47.8 Å². The van der Waals surface area contributed by atoms with Gasteiger partial charge >= 0.3 is 0 Å². The van der Waals surface area contributed by atoms with Crippen LogP contribution in [0.1, 0.15) is 10.4 Å². The molecule has 2 rings (SSSR count). The maximum Gasteiger partial charge on any atom is 0.153 e. The Kier molecular flexibility index (Phi) is 1.88. The quantitative estimate of drug-likeness (QED) is 0.638. The first-order valence-electron chi connectivity index (χ1n) is 3.80. The van der Waals surface area contributed by atoms with Crippen LogP contribution in [-0.4, -0.2) is 21.1 Å². The summed E-state index contributed by atoms with van der Waals surface area (Å²) < 4.78 is 1.61. The molecule has 0 unspecified atom stereocenters. The third kappa shape index (κ3) is 1.46. The molecule has 0 spiro atoms. The predicted octanol–water partition coefficient (Wildman–Crippen LogP) is 1.08. The Morgan fingerprint density at radius 3 is 2.92 bits per heavy atom. The number of carbonyl (C=O) groups excluding carboxylic acids is 1. The van der Waals surface area contributed by atoms with Gasteiger partial charge in [0.2, 0.25) is 0 Å². The fraction of sp³-hybridized carbons (Fsp3) is 0. The lowest BCUT2D eigenvalue weighted by Gasteiger charge is -1.97. The zero-order valence-electron chi connectivity index (χ0n) is 6.79. The number of hydrogen-bond donors (Lipinski definition) is 0. The van der Waals surface area contributed by atoms with Gasteiger partial charge in [-0.3, -0.25) is 9.78 Å². The third-order valence-electron chi connectivity index (χ3n) is 1.65. The van der Waals surface area contributed by atoms with E-state index in [0.29, 0.717) is 5.56 Å². The van der Waals surface area contributed by atoms with Crippen LogP contribution in [0.25, 0.3) is 5.69 Å². The zero-order chi connectivity index (χ0) is 9.10. The van der Waals surface area contributed by atoms with Gasteiger partial charge in [0.05, 0.1) is 23.6 Å². The summed E-state index contributed by atoms with van der Waals surface area (Å²) in [6.45, 7) is 0. The molecule has 0 aliphatic carbocycles. The van der Waals surface area contributed by atoms with Crippen molar-refractivity contribution in [1.29, 1.82) is 0 Å². The van der Waals surface area contributed by atoms with Gasteiger partial charge in [-0.1, -0.05) is 0 Å². The molecule has 0 saturated heterocycles. The van der Waals surface area contributed by atoms with Gasteiger partial charge in [-0.05, 0) is 12.1 Å². The number of hydrogen-bond acceptors (Lipinski definition) is 3. The average molecular weight is 173 g/mol. The zero-order valence-corrected chi connectivity index (χ0v) is 6.79. The fourth-order valence-corrected chi connectivity index (χ4v) is 1.03. The van der Waals surface area contributed by atoms with Crippen molar-refractivity contribution in [1.82, 2.24) is 14.8 Å². The van der Waals surface area contributed by atoms with Crippen LogP contribution in [0.2, 0.25) is 0 Å². The molecule has 2 heterocycles. The van der Waals surface area contributed by atoms with Crippen LogP contribution < -0.4 is 0 Å². The second-order valence-electron chi connectivity index (χ2n) is 2.55. The summed E-state index contributed by atoms with van der Waals surface area (Å²) in [7, 11) is 0. The SMILES string of the molecule is O=Cc1cnn(-c2cccnc2)c1. The largest absolute Gasteiger partial charge is 0.298 e. The number of nitrogens with zero attached hydrogens (tertiary/aromatic N) is 3. The van der Waals surface area contributed by atoms with E-state index in [9.17, 15) is 4.79 Å². The minimum Gasteiger partial charge on any atom is -0.298 e. The molecule has 0 aliphatic rings. The maximum absolute atomic E-state index is 10.4. The molecule has 0 aromatic carbocycles. The molecule has 0 N–H and O–H groups in total. The molecular formula is C9H7N3O. The first-order chi connectivity index (χ1) is 6.40. The molecule has 2 aromatic rings. The van der Waals surface area contributed by atoms with Crippen molar-refractivity contribution in [2.75, 3.05) is 0 Å². The van der Waals surface area contributed by atoms with E-state index in [1.165, 1.54) is 6.20 Å². The fourth-order valence-electron chi connectivity index (χ4n) is 1.03. The van der Waals surface area contributed by atoms with E-state index in [1.54, 1.807) is 23.3 Å².